The molecule has 0 fully saturated rings. The molecule has 0 bridgehead atoms. The molecule has 5 nitrogen and oxygen atoms in total. The SMILES string of the molecule is CCCCCCCCCCCCCCc1ccccc1Oc1ccc(S(=O)(=O)O)cc1[O-].[K+]. The third-order valence-corrected chi connectivity index (χ3v) is 6.55. The second-order valence-corrected chi connectivity index (χ2v) is 9.85. The fourth-order valence-electron chi connectivity index (χ4n) is 3.82. The molecule has 0 radical (unpaired) electrons. The van der Waals surface area contributed by atoms with Crippen molar-refractivity contribution in [2.75, 3.05) is 0 Å². The van der Waals surface area contributed by atoms with Crippen molar-refractivity contribution in [3.63, 3.8) is 0 Å². The van der Waals surface area contributed by atoms with Gasteiger partial charge in [-0.05, 0) is 42.7 Å². The summed E-state index contributed by atoms with van der Waals surface area (Å²) in [5.74, 6) is 0.0621. The van der Waals surface area contributed by atoms with E-state index in [0.29, 0.717) is 5.75 Å². The molecular formula is C26H37KO5S. The zero-order valence-corrected chi connectivity index (χ0v) is 24.2. The molecule has 0 aromatic heterocycles. The van der Waals surface area contributed by atoms with Crippen LogP contribution >= 0.6 is 0 Å². The Hall–Kier alpha value is -0.414. The summed E-state index contributed by atoms with van der Waals surface area (Å²) in [5, 5.41) is 12.2. The van der Waals surface area contributed by atoms with E-state index in [1.54, 1.807) is 0 Å². The molecule has 0 heterocycles. The maximum Gasteiger partial charge on any atom is 1.00 e. The Labute approximate surface area is 242 Å². The minimum Gasteiger partial charge on any atom is -0.870 e. The first-order chi connectivity index (χ1) is 15.4. The van der Waals surface area contributed by atoms with E-state index in [4.69, 9.17) is 9.29 Å². The van der Waals surface area contributed by atoms with Gasteiger partial charge in [0, 0.05) is 0 Å². The van der Waals surface area contributed by atoms with E-state index in [1.165, 1.54) is 82.8 Å². The van der Waals surface area contributed by atoms with Crippen molar-refractivity contribution in [1.29, 1.82) is 0 Å². The van der Waals surface area contributed by atoms with E-state index in [1.807, 2.05) is 24.3 Å². The van der Waals surface area contributed by atoms with Gasteiger partial charge < -0.3 is 9.84 Å². The quantitative estimate of drug-likeness (QED) is 0.213. The Bertz CT molecular complexity index is 915. The van der Waals surface area contributed by atoms with Gasteiger partial charge in [0.1, 0.15) is 11.5 Å². The first kappa shape index (κ1) is 30.6. The Balaban J connectivity index is 0.00000544. The monoisotopic (exact) mass is 500 g/mol. The third kappa shape index (κ3) is 12.2. The van der Waals surface area contributed by atoms with Gasteiger partial charge >= 0.3 is 51.4 Å². The first-order valence-electron chi connectivity index (χ1n) is 12.0. The summed E-state index contributed by atoms with van der Waals surface area (Å²) in [5.41, 5.74) is 1.03. The molecule has 0 saturated heterocycles. The zero-order valence-electron chi connectivity index (χ0n) is 20.2. The molecule has 0 amide bonds. The molecule has 0 atom stereocenters. The van der Waals surface area contributed by atoms with Gasteiger partial charge in [-0.1, -0.05) is 102 Å². The number of aryl methyl sites for hydroxylation is 1. The predicted molar refractivity (Wildman–Crippen MR) is 127 cm³/mol. The Morgan fingerprint density at radius 2 is 1.33 bits per heavy atom. The van der Waals surface area contributed by atoms with Crippen molar-refractivity contribution in [1.82, 2.24) is 0 Å². The number of hydrogen-bond acceptors (Lipinski definition) is 4. The molecule has 7 heteroatoms. The molecule has 33 heavy (non-hydrogen) atoms. The van der Waals surface area contributed by atoms with Gasteiger partial charge in [0.25, 0.3) is 10.1 Å². The molecule has 0 aliphatic carbocycles. The largest absolute Gasteiger partial charge is 1.00 e. The topological polar surface area (TPSA) is 86.7 Å². The number of rotatable bonds is 16. The summed E-state index contributed by atoms with van der Waals surface area (Å²) in [6.07, 6.45) is 16.5. The average Bonchev–Trinajstić information content (AvgIpc) is 2.76. The summed E-state index contributed by atoms with van der Waals surface area (Å²) in [4.78, 5) is -0.431. The minimum absolute atomic E-state index is 0. The number of unbranched alkanes of at least 4 members (excludes halogenated alkanes) is 11. The van der Waals surface area contributed by atoms with Gasteiger partial charge in [-0.25, -0.2) is 0 Å². The number of para-hydroxylation sites is 1. The third-order valence-electron chi connectivity index (χ3n) is 5.71. The molecule has 0 saturated carbocycles. The molecule has 2 rings (SSSR count). The van der Waals surface area contributed by atoms with Crippen molar-refractivity contribution < 1.29 is 74.2 Å². The molecule has 0 unspecified atom stereocenters. The van der Waals surface area contributed by atoms with Crippen LogP contribution in [0, 0.1) is 0 Å². The van der Waals surface area contributed by atoms with E-state index in [-0.39, 0.29) is 57.1 Å². The van der Waals surface area contributed by atoms with Crippen molar-refractivity contribution in [3.05, 3.63) is 48.0 Å². The van der Waals surface area contributed by atoms with Crippen LogP contribution in [0.2, 0.25) is 0 Å². The van der Waals surface area contributed by atoms with E-state index < -0.39 is 20.8 Å². The van der Waals surface area contributed by atoms with E-state index in [2.05, 4.69) is 6.92 Å². The van der Waals surface area contributed by atoms with Crippen molar-refractivity contribution in [2.45, 2.75) is 95.3 Å². The first-order valence-corrected chi connectivity index (χ1v) is 13.4. The predicted octanol–water partition coefficient (Wildman–Crippen LogP) is 4.05. The van der Waals surface area contributed by atoms with Gasteiger partial charge in [0.15, 0.2) is 0 Å². The molecule has 1 N–H and O–H groups in total. The van der Waals surface area contributed by atoms with E-state index in [9.17, 15) is 13.5 Å². The van der Waals surface area contributed by atoms with Crippen LogP contribution in [0.25, 0.3) is 0 Å². The summed E-state index contributed by atoms with van der Waals surface area (Å²) >= 11 is 0. The van der Waals surface area contributed by atoms with Crippen LogP contribution in [0.1, 0.15) is 89.5 Å². The van der Waals surface area contributed by atoms with Crippen LogP contribution in [0.5, 0.6) is 17.2 Å². The van der Waals surface area contributed by atoms with Crippen LogP contribution in [-0.2, 0) is 16.5 Å². The maximum atomic E-state index is 12.2. The van der Waals surface area contributed by atoms with Crippen LogP contribution in [-0.4, -0.2) is 13.0 Å². The van der Waals surface area contributed by atoms with Gasteiger partial charge in [0.05, 0.1) is 4.90 Å². The summed E-state index contributed by atoms with van der Waals surface area (Å²) in [6.45, 7) is 2.25. The van der Waals surface area contributed by atoms with Crippen LogP contribution in [0.4, 0.5) is 0 Å². The Morgan fingerprint density at radius 1 is 0.788 bits per heavy atom. The van der Waals surface area contributed by atoms with Gasteiger partial charge in [-0.2, -0.15) is 8.42 Å². The maximum absolute atomic E-state index is 12.2. The van der Waals surface area contributed by atoms with Crippen molar-refractivity contribution in [2.24, 2.45) is 0 Å². The Kier molecular flexibility index (Phi) is 15.9. The minimum atomic E-state index is -4.41. The normalized spacial score (nSPS) is 11.2. The van der Waals surface area contributed by atoms with E-state index in [0.717, 1.165) is 24.5 Å². The summed E-state index contributed by atoms with van der Waals surface area (Å²) < 4.78 is 37.2. The van der Waals surface area contributed by atoms with Gasteiger partial charge in [-0.3, -0.25) is 4.55 Å². The van der Waals surface area contributed by atoms with Gasteiger partial charge in [-0.15, -0.1) is 0 Å². The molecule has 0 aliphatic rings. The van der Waals surface area contributed by atoms with Gasteiger partial charge in [0.2, 0.25) is 0 Å². The fourth-order valence-corrected chi connectivity index (χ4v) is 4.31. The summed E-state index contributed by atoms with van der Waals surface area (Å²) in [7, 11) is -4.41. The molecule has 2 aromatic rings. The molecule has 0 spiro atoms. The molecular weight excluding hydrogens is 463 g/mol. The average molecular weight is 501 g/mol. The van der Waals surface area contributed by atoms with Crippen molar-refractivity contribution >= 4 is 10.1 Å². The molecule has 0 aliphatic heterocycles. The van der Waals surface area contributed by atoms with Crippen LogP contribution in [0.3, 0.4) is 0 Å². The number of hydrogen-bond donors (Lipinski definition) is 1. The number of benzene rings is 2. The number of ether oxygens (including phenoxy) is 1. The standard InChI is InChI=1S/C26H38O5S.K/c1-2-3-4-5-6-7-8-9-10-11-12-13-16-22-17-14-15-18-25(22)31-26-20-19-23(21-24(26)27)32(28,29)30;/h14-15,17-21,27H,2-13,16H2,1H3,(H,28,29,30);/q;+1/p-1. The van der Waals surface area contributed by atoms with E-state index >= 15 is 0 Å². The fraction of sp³-hybridized carbons (Fsp3) is 0.538. The molecule has 2 aromatic carbocycles. The smallest absolute Gasteiger partial charge is 0.870 e. The second-order valence-electron chi connectivity index (χ2n) is 8.43. The second kappa shape index (κ2) is 17.1. The Morgan fingerprint density at radius 3 is 1.88 bits per heavy atom. The van der Waals surface area contributed by atoms with Crippen LogP contribution < -0.4 is 61.2 Å². The summed E-state index contributed by atoms with van der Waals surface area (Å²) in [6, 6.07) is 10.9. The van der Waals surface area contributed by atoms with Crippen molar-refractivity contribution in [3.8, 4) is 17.2 Å². The zero-order chi connectivity index (χ0) is 23.2. The molecule has 178 valence electrons. The van der Waals surface area contributed by atoms with Crippen LogP contribution in [0.15, 0.2) is 47.4 Å².